The summed E-state index contributed by atoms with van der Waals surface area (Å²) in [6.07, 6.45) is 0. The predicted octanol–water partition coefficient (Wildman–Crippen LogP) is 1.74. The highest BCUT2D eigenvalue weighted by Crippen LogP contribution is 1.92. The van der Waals surface area contributed by atoms with Crippen LogP contribution in [0.4, 0.5) is 0 Å². The lowest BCUT2D eigenvalue weighted by molar-refractivity contribution is -0.140. The number of esters is 1. The van der Waals surface area contributed by atoms with Crippen molar-refractivity contribution >= 4 is 28.6 Å². The number of rotatable bonds is 39. The van der Waals surface area contributed by atoms with Crippen molar-refractivity contribution in [3.05, 3.63) is 12.2 Å². The molecule has 0 spiro atoms. The molecule has 0 aromatic rings. The van der Waals surface area contributed by atoms with Crippen LogP contribution in [-0.2, 0) is 66.4 Å². The molecule has 0 aliphatic rings. The van der Waals surface area contributed by atoms with E-state index >= 15 is 0 Å². The lowest BCUT2D eigenvalue weighted by Gasteiger charge is -2.09. The average Bonchev–Trinajstić information content (AvgIpc) is 3.04. The highest BCUT2D eigenvalue weighted by molar-refractivity contribution is 14.1. The Balaban J connectivity index is 3.06. The number of carbonyl (C=O) groups excluding carboxylic acids is 1. The number of halogens is 1. The minimum absolute atomic E-state index is 0.199. The summed E-state index contributed by atoms with van der Waals surface area (Å²) in [4.78, 5) is 11.2. The summed E-state index contributed by atoms with van der Waals surface area (Å²) in [5, 5.41) is 0. The van der Waals surface area contributed by atoms with Crippen molar-refractivity contribution in [2.24, 2.45) is 0 Å². The van der Waals surface area contributed by atoms with Crippen LogP contribution in [0.3, 0.4) is 0 Å². The molecule has 0 aliphatic carbocycles. The zero-order chi connectivity index (χ0) is 32.7. The van der Waals surface area contributed by atoms with Crippen LogP contribution < -0.4 is 0 Å². The number of hydrogen-bond donors (Lipinski definition) is 0. The van der Waals surface area contributed by atoms with Gasteiger partial charge in [0.15, 0.2) is 0 Å². The zero-order valence-corrected chi connectivity index (χ0v) is 29.3. The quantitative estimate of drug-likeness (QED) is 0.0295. The molecule has 0 saturated heterocycles. The van der Waals surface area contributed by atoms with Crippen molar-refractivity contribution in [2.45, 2.75) is 6.92 Å². The summed E-state index contributed by atoms with van der Waals surface area (Å²) >= 11 is 2.27. The van der Waals surface area contributed by atoms with E-state index in [0.717, 1.165) is 11.0 Å². The van der Waals surface area contributed by atoms with Gasteiger partial charge in [-0.3, -0.25) is 0 Å². The lowest BCUT2D eigenvalue weighted by atomic mass is 10.4. The van der Waals surface area contributed by atoms with Crippen molar-refractivity contribution in [1.29, 1.82) is 0 Å². The molecule has 0 saturated carbocycles. The van der Waals surface area contributed by atoms with Gasteiger partial charge in [-0.2, -0.15) is 0 Å². The topological polar surface area (TPSA) is 137 Å². The number of carbonyl (C=O) groups is 1. The van der Waals surface area contributed by atoms with Crippen molar-refractivity contribution < 1.29 is 66.4 Å². The molecular weight excluding hydrogens is 711 g/mol. The molecule has 0 aromatic carbocycles. The number of ether oxygens (including phenoxy) is 13. The Morgan fingerprint density at radius 2 is 0.556 bits per heavy atom. The minimum Gasteiger partial charge on any atom is -0.460 e. The molecule has 0 unspecified atom stereocenters. The highest BCUT2D eigenvalue weighted by atomic mass is 127. The second-order valence-corrected chi connectivity index (χ2v) is 10.0. The molecule has 0 atom stereocenters. The largest absolute Gasteiger partial charge is 0.460 e. The summed E-state index contributed by atoms with van der Waals surface area (Å²) in [5.41, 5.74) is 0.370. The van der Waals surface area contributed by atoms with E-state index in [1.165, 1.54) is 0 Å². The van der Waals surface area contributed by atoms with Gasteiger partial charge in [0.05, 0.1) is 159 Å². The van der Waals surface area contributed by atoms with Crippen molar-refractivity contribution in [3.8, 4) is 0 Å². The molecule has 268 valence electrons. The molecule has 0 rings (SSSR count). The van der Waals surface area contributed by atoms with Crippen LogP contribution in [0.15, 0.2) is 12.2 Å². The Kier molecular flexibility index (Phi) is 39.2. The van der Waals surface area contributed by atoms with E-state index in [9.17, 15) is 4.79 Å². The van der Waals surface area contributed by atoms with Gasteiger partial charge in [-0.1, -0.05) is 29.2 Å². The maximum Gasteiger partial charge on any atom is 0.333 e. The van der Waals surface area contributed by atoms with E-state index in [0.29, 0.717) is 158 Å². The average molecular weight is 769 g/mol. The van der Waals surface area contributed by atoms with E-state index in [2.05, 4.69) is 29.2 Å². The van der Waals surface area contributed by atoms with Crippen LogP contribution in [0.2, 0.25) is 0 Å². The molecule has 0 N–H and O–H groups in total. The Morgan fingerprint density at radius 3 is 0.733 bits per heavy atom. The molecule has 45 heavy (non-hydrogen) atoms. The van der Waals surface area contributed by atoms with Gasteiger partial charge < -0.3 is 61.6 Å². The van der Waals surface area contributed by atoms with E-state index in [1.54, 1.807) is 6.92 Å². The van der Waals surface area contributed by atoms with Crippen molar-refractivity contribution in [1.82, 2.24) is 0 Å². The first-order chi connectivity index (χ1) is 22.2. The first-order valence-corrected chi connectivity index (χ1v) is 17.0. The Hall–Kier alpha value is -0.540. The van der Waals surface area contributed by atoms with Crippen LogP contribution >= 0.6 is 22.6 Å². The number of hydrogen-bond acceptors (Lipinski definition) is 14. The smallest absolute Gasteiger partial charge is 0.333 e. The van der Waals surface area contributed by atoms with Gasteiger partial charge in [-0.15, -0.1) is 0 Å². The third-order valence-corrected chi connectivity index (χ3v) is 5.56. The van der Waals surface area contributed by atoms with Crippen LogP contribution in [0.1, 0.15) is 6.92 Å². The fraction of sp³-hybridized carbons (Fsp3) is 0.900. The molecule has 0 aromatic heterocycles. The number of alkyl halides is 1. The molecule has 0 bridgehead atoms. The van der Waals surface area contributed by atoms with Crippen molar-refractivity contribution in [2.75, 3.05) is 170 Å². The minimum atomic E-state index is -0.413. The molecule has 0 fully saturated rings. The monoisotopic (exact) mass is 768 g/mol. The van der Waals surface area contributed by atoms with Crippen LogP contribution in [0, 0.1) is 0 Å². The summed E-state index contributed by atoms with van der Waals surface area (Å²) < 4.78 is 71.0. The second kappa shape index (κ2) is 39.6. The maximum atomic E-state index is 11.2. The Morgan fingerprint density at radius 1 is 0.378 bits per heavy atom. The third-order valence-electron chi connectivity index (χ3n) is 5.12. The predicted molar refractivity (Wildman–Crippen MR) is 174 cm³/mol. The van der Waals surface area contributed by atoms with E-state index in [1.807, 2.05) is 0 Å². The van der Waals surface area contributed by atoms with E-state index in [4.69, 9.17) is 61.6 Å². The van der Waals surface area contributed by atoms with Crippen LogP contribution in [0.5, 0.6) is 0 Å². The summed E-state index contributed by atoms with van der Waals surface area (Å²) in [5.74, 6) is -0.413. The summed E-state index contributed by atoms with van der Waals surface area (Å²) in [6.45, 7) is 17.6. The van der Waals surface area contributed by atoms with Gasteiger partial charge in [-0.05, 0) is 6.92 Å². The third kappa shape index (κ3) is 39.6. The normalized spacial score (nSPS) is 11.3. The molecule has 14 nitrogen and oxygen atoms in total. The second-order valence-electron chi connectivity index (χ2n) is 8.95. The van der Waals surface area contributed by atoms with Gasteiger partial charge in [0.1, 0.15) is 6.61 Å². The standard InChI is InChI=1S/C30H57IO14/c1-29(2)30(32)45-28-27-44-26-25-43-24-23-42-22-21-41-20-19-40-18-17-39-16-15-38-14-13-37-12-11-36-10-9-35-8-7-34-6-5-33-4-3-31/h1,3-28H2,2H3. The SMILES string of the molecule is C=C(C)C(=O)OCCOCCOCCOCCOCCOCCOCCOCCOCCOCCOCCOCCOCCI. The zero-order valence-electron chi connectivity index (χ0n) is 27.2. The van der Waals surface area contributed by atoms with Gasteiger partial charge in [-0.25, -0.2) is 4.79 Å². The fourth-order valence-corrected chi connectivity index (χ4v) is 3.20. The molecular formula is C30H57IO14. The first kappa shape index (κ1) is 44.5. The Bertz CT molecular complexity index is 617. The highest BCUT2D eigenvalue weighted by Gasteiger charge is 2.02. The van der Waals surface area contributed by atoms with E-state index < -0.39 is 5.97 Å². The molecule has 0 radical (unpaired) electrons. The van der Waals surface area contributed by atoms with E-state index in [-0.39, 0.29) is 6.61 Å². The van der Waals surface area contributed by atoms with Crippen molar-refractivity contribution in [3.63, 3.8) is 0 Å². The van der Waals surface area contributed by atoms with Gasteiger partial charge >= 0.3 is 5.97 Å². The lowest BCUT2D eigenvalue weighted by Crippen LogP contribution is -2.16. The first-order valence-electron chi connectivity index (χ1n) is 15.5. The maximum absolute atomic E-state index is 11.2. The van der Waals surface area contributed by atoms with Crippen LogP contribution in [0.25, 0.3) is 0 Å². The molecule has 0 heterocycles. The Labute approximate surface area is 283 Å². The van der Waals surface area contributed by atoms with Crippen LogP contribution in [-0.4, -0.2) is 176 Å². The fourth-order valence-electron chi connectivity index (χ4n) is 2.89. The van der Waals surface area contributed by atoms with Gasteiger partial charge in [0.2, 0.25) is 0 Å². The van der Waals surface area contributed by atoms with Gasteiger partial charge in [0, 0.05) is 10.0 Å². The molecule has 0 aliphatic heterocycles. The summed E-state index contributed by atoms with van der Waals surface area (Å²) in [7, 11) is 0. The molecule has 15 heteroatoms. The molecule has 0 amide bonds. The summed E-state index contributed by atoms with van der Waals surface area (Å²) in [6, 6.07) is 0. The van der Waals surface area contributed by atoms with Gasteiger partial charge in [0.25, 0.3) is 0 Å².